The molecule has 4 aromatic carbocycles. The normalized spacial score (nSPS) is 12.5. The average molecular weight is 562 g/mol. The molecule has 4 aromatic rings. The molecule has 0 saturated heterocycles. The molecular weight excluding hydrogens is 526 g/mol. The molecule has 0 atom stereocenters. The molecule has 0 spiro atoms. The van der Waals surface area contributed by atoms with Crippen LogP contribution < -0.4 is 33.2 Å². The van der Waals surface area contributed by atoms with Crippen LogP contribution in [0.1, 0.15) is 22.3 Å². The van der Waals surface area contributed by atoms with Crippen molar-refractivity contribution in [3.05, 3.63) is 53.6 Å². The Morgan fingerprint density at radius 2 is 1.49 bits per heavy atom. The summed E-state index contributed by atoms with van der Waals surface area (Å²) in [7, 11) is 9.82. The number of rotatable bonds is 9. The zero-order valence-electron chi connectivity index (χ0n) is 24.3. The van der Waals surface area contributed by atoms with E-state index in [1.54, 1.807) is 59.6 Å². The first-order valence-corrected chi connectivity index (χ1v) is 13.4. The van der Waals surface area contributed by atoms with E-state index in [2.05, 4.69) is 6.07 Å². The highest BCUT2D eigenvalue weighted by atomic mass is 16.5. The van der Waals surface area contributed by atoms with Crippen LogP contribution in [-0.4, -0.2) is 73.2 Å². The van der Waals surface area contributed by atoms with Crippen LogP contribution in [0.4, 0.5) is 0 Å². The average Bonchev–Trinajstić information content (AvgIpc) is 3.26. The van der Waals surface area contributed by atoms with Gasteiger partial charge in [-0.3, -0.25) is 4.79 Å². The molecule has 41 heavy (non-hydrogen) atoms. The van der Waals surface area contributed by atoms with E-state index in [4.69, 9.17) is 33.2 Å². The molecule has 5 rings (SSSR count). The number of fused-ring (bicyclic) bond motifs is 4. The van der Waals surface area contributed by atoms with Gasteiger partial charge in [0, 0.05) is 31.0 Å². The maximum absolute atomic E-state index is 13.5. The molecule has 9 heteroatoms. The van der Waals surface area contributed by atoms with E-state index >= 15 is 0 Å². The van der Waals surface area contributed by atoms with Gasteiger partial charge in [0.25, 0.3) is 5.91 Å². The fourth-order valence-electron chi connectivity index (χ4n) is 5.28. The highest BCUT2D eigenvalue weighted by Gasteiger charge is 2.23. The first kappa shape index (κ1) is 28.0. The fourth-order valence-corrected chi connectivity index (χ4v) is 5.28. The third-order valence-corrected chi connectivity index (χ3v) is 7.39. The number of carbonyl (C=O) groups is 1. The summed E-state index contributed by atoms with van der Waals surface area (Å²) in [5.41, 5.74) is 1.49. The Balaban J connectivity index is 1.50. The van der Waals surface area contributed by atoms with Gasteiger partial charge in [-0.25, -0.2) is 0 Å². The monoisotopic (exact) mass is 561 g/mol. The van der Waals surface area contributed by atoms with Crippen molar-refractivity contribution >= 4 is 27.5 Å². The van der Waals surface area contributed by atoms with Crippen LogP contribution >= 0.6 is 0 Å². The maximum atomic E-state index is 13.5. The van der Waals surface area contributed by atoms with Crippen molar-refractivity contribution in [1.82, 2.24) is 4.90 Å². The van der Waals surface area contributed by atoms with Gasteiger partial charge in [0.1, 0.15) is 0 Å². The van der Waals surface area contributed by atoms with E-state index in [0.717, 1.165) is 33.5 Å². The number of amides is 1. The number of methoxy groups -OCH3 is 5. The molecule has 0 N–H and O–H groups in total. The van der Waals surface area contributed by atoms with E-state index in [1.165, 1.54) is 0 Å². The van der Waals surface area contributed by atoms with Gasteiger partial charge in [0.2, 0.25) is 5.75 Å². The largest absolute Gasteiger partial charge is 0.493 e. The number of carbonyl (C=O) groups excluding carboxylic acids is 1. The highest BCUT2D eigenvalue weighted by Crippen LogP contribution is 2.45. The van der Waals surface area contributed by atoms with Gasteiger partial charge in [0.05, 0.1) is 48.8 Å². The van der Waals surface area contributed by atoms with Crippen LogP contribution in [0.25, 0.3) is 21.5 Å². The van der Waals surface area contributed by atoms with Crippen LogP contribution in [0.3, 0.4) is 0 Å². The molecule has 0 radical (unpaired) electrons. The van der Waals surface area contributed by atoms with Gasteiger partial charge in [0.15, 0.2) is 34.5 Å². The molecule has 0 fully saturated rings. The Kier molecular flexibility index (Phi) is 8.14. The van der Waals surface area contributed by atoms with E-state index in [0.29, 0.717) is 72.0 Å². The summed E-state index contributed by atoms with van der Waals surface area (Å²) in [5, 5.41) is 3.83. The van der Waals surface area contributed by atoms with Crippen molar-refractivity contribution in [2.45, 2.75) is 12.8 Å². The molecule has 0 bridgehead atoms. The lowest BCUT2D eigenvalue weighted by Crippen LogP contribution is -2.29. The van der Waals surface area contributed by atoms with Gasteiger partial charge in [-0.05, 0) is 58.5 Å². The topological polar surface area (TPSA) is 84.9 Å². The van der Waals surface area contributed by atoms with Gasteiger partial charge in [-0.2, -0.15) is 0 Å². The molecule has 1 amide bonds. The molecule has 1 heterocycles. The van der Waals surface area contributed by atoms with Crippen LogP contribution in [0, 0.1) is 0 Å². The molecule has 0 saturated carbocycles. The SMILES string of the molecule is COc1cc2ccc3c(CCN(C)C(=O)c4cc(OC)c5c(c4)OCCCO5)cc(OC)c(OC)c3c2cc1OC. The zero-order valence-corrected chi connectivity index (χ0v) is 24.3. The van der Waals surface area contributed by atoms with Gasteiger partial charge in [-0.1, -0.05) is 12.1 Å². The summed E-state index contributed by atoms with van der Waals surface area (Å²) < 4.78 is 39.8. The number of benzene rings is 4. The standard InChI is InChI=1S/C32H35NO8/c1-33(32(34)21-16-26(37-4)30-28(17-21)40-12-7-13-41-30)11-10-20-15-27(38-5)31(39-6)29-22(20)9-8-19-14-24(35-2)25(36-3)18-23(19)29/h8-9,14-18H,7,10-13H2,1-6H3. The summed E-state index contributed by atoms with van der Waals surface area (Å²) in [5.74, 6) is 3.89. The Bertz CT molecular complexity index is 1600. The van der Waals surface area contributed by atoms with E-state index in [9.17, 15) is 4.79 Å². The molecular formula is C32H35NO8. The smallest absolute Gasteiger partial charge is 0.253 e. The second-order valence-corrected chi connectivity index (χ2v) is 9.72. The molecule has 0 unspecified atom stereocenters. The summed E-state index contributed by atoms with van der Waals surface area (Å²) >= 11 is 0. The third kappa shape index (κ3) is 5.19. The van der Waals surface area contributed by atoms with Crippen molar-refractivity contribution < 1.29 is 38.0 Å². The minimum absolute atomic E-state index is 0.147. The highest BCUT2D eigenvalue weighted by molar-refractivity contribution is 6.13. The first-order chi connectivity index (χ1) is 19.9. The summed E-state index contributed by atoms with van der Waals surface area (Å²) in [6.45, 7) is 1.51. The van der Waals surface area contributed by atoms with E-state index < -0.39 is 0 Å². The van der Waals surface area contributed by atoms with Crippen molar-refractivity contribution in [1.29, 1.82) is 0 Å². The van der Waals surface area contributed by atoms with Crippen LogP contribution in [0.15, 0.2) is 42.5 Å². The lowest BCUT2D eigenvalue weighted by molar-refractivity contribution is 0.0795. The molecule has 9 nitrogen and oxygen atoms in total. The second-order valence-electron chi connectivity index (χ2n) is 9.72. The van der Waals surface area contributed by atoms with E-state index in [-0.39, 0.29) is 5.91 Å². The van der Waals surface area contributed by atoms with Crippen molar-refractivity contribution in [3.63, 3.8) is 0 Å². The lowest BCUT2D eigenvalue weighted by Gasteiger charge is -2.21. The predicted molar refractivity (Wildman–Crippen MR) is 157 cm³/mol. The maximum Gasteiger partial charge on any atom is 0.253 e. The zero-order chi connectivity index (χ0) is 29.1. The minimum Gasteiger partial charge on any atom is -0.493 e. The quantitative estimate of drug-likeness (QED) is 0.247. The van der Waals surface area contributed by atoms with Crippen molar-refractivity contribution in [2.75, 3.05) is 62.4 Å². The van der Waals surface area contributed by atoms with Gasteiger partial charge in [-0.15, -0.1) is 0 Å². The number of hydrogen-bond donors (Lipinski definition) is 0. The Labute approximate surface area is 239 Å². The fraction of sp³-hybridized carbons (Fsp3) is 0.344. The van der Waals surface area contributed by atoms with E-state index in [1.807, 2.05) is 24.3 Å². The van der Waals surface area contributed by atoms with Crippen molar-refractivity contribution in [3.8, 4) is 40.2 Å². The Morgan fingerprint density at radius 1 is 0.780 bits per heavy atom. The van der Waals surface area contributed by atoms with Crippen LogP contribution in [0.5, 0.6) is 40.2 Å². The molecule has 0 aliphatic carbocycles. The second kappa shape index (κ2) is 11.9. The predicted octanol–water partition coefficient (Wildman–Crippen LogP) is 5.51. The van der Waals surface area contributed by atoms with Gasteiger partial charge >= 0.3 is 0 Å². The number of hydrogen-bond acceptors (Lipinski definition) is 8. The van der Waals surface area contributed by atoms with Crippen LogP contribution in [-0.2, 0) is 6.42 Å². The summed E-state index contributed by atoms with van der Waals surface area (Å²) in [6.07, 6.45) is 1.34. The Hall–Kier alpha value is -4.53. The first-order valence-electron chi connectivity index (χ1n) is 13.4. The minimum atomic E-state index is -0.147. The van der Waals surface area contributed by atoms with Gasteiger partial charge < -0.3 is 38.1 Å². The molecule has 216 valence electrons. The van der Waals surface area contributed by atoms with Crippen LogP contribution in [0.2, 0.25) is 0 Å². The molecule has 0 aromatic heterocycles. The van der Waals surface area contributed by atoms with Crippen molar-refractivity contribution in [2.24, 2.45) is 0 Å². The number of likely N-dealkylation sites (N-methyl/N-ethyl adjacent to an activating group) is 1. The number of nitrogens with zero attached hydrogens (tertiary/aromatic N) is 1. The Morgan fingerprint density at radius 3 is 2.20 bits per heavy atom. The third-order valence-electron chi connectivity index (χ3n) is 7.39. The summed E-state index contributed by atoms with van der Waals surface area (Å²) in [4.78, 5) is 15.2. The molecule has 1 aliphatic heterocycles. The summed E-state index contributed by atoms with van der Waals surface area (Å²) in [6, 6.07) is 13.4. The number of ether oxygens (including phenoxy) is 7. The lowest BCUT2D eigenvalue weighted by atomic mass is 9.95. The molecule has 1 aliphatic rings.